The number of hydrogen-bond donors (Lipinski definition) is 0. The van der Waals surface area contributed by atoms with Crippen LogP contribution in [0, 0.1) is 5.92 Å². The van der Waals surface area contributed by atoms with Gasteiger partial charge in [0.15, 0.2) is 0 Å². The van der Waals surface area contributed by atoms with Crippen molar-refractivity contribution >= 4 is 0 Å². The Morgan fingerprint density at radius 1 is 0.769 bits per heavy atom. The number of rotatable bonds is 9. The van der Waals surface area contributed by atoms with Gasteiger partial charge in [-0.25, -0.2) is 0 Å². The number of benzene rings is 2. The zero-order chi connectivity index (χ0) is 18.2. The predicted octanol–water partition coefficient (Wildman–Crippen LogP) is 5.58. The molecule has 3 aromatic rings. The molecule has 0 amide bonds. The summed E-state index contributed by atoms with van der Waals surface area (Å²) in [5, 5.41) is 0. The summed E-state index contributed by atoms with van der Waals surface area (Å²) < 4.78 is 2.38. The first-order chi connectivity index (χ1) is 12.7. The summed E-state index contributed by atoms with van der Waals surface area (Å²) in [6.45, 7) is 8.67. The van der Waals surface area contributed by atoms with Crippen LogP contribution >= 0.6 is 0 Å². The Balaban J connectivity index is 1.71. The molecule has 0 bridgehead atoms. The molecule has 2 nitrogen and oxygen atoms in total. The minimum Gasteiger partial charge on any atom is -0.346 e. The van der Waals surface area contributed by atoms with Crippen LogP contribution in [0.15, 0.2) is 79.0 Å². The van der Waals surface area contributed by atoms with Gasteiger partial charge in [-0.3, -0.25) is 4.90 Å². The summed E-state index contributed by atoms with van der Waals surface area (Å²) in [6.07, 6.45) is 3.43. The van der Waals surface area contributed by atoms with E-state index in [9.17, 15) is 0 Å². The maximum Gasteiger partial charge on any atom is 0.0473 e. The van der Waals surface area contributed by atoms with Crippen molar-refractivity contribution in [1.29, 1.82) is 0 Å². The van der Waals surface area contributed by atoms with Gasteiger partial charge in [-0.1, -0.05) is 74.5 Å². The third kappa shape index (κ3) is 5.60. The highest BCUT2D eigenvalue weighted by Gasteiger charge is 2.11. The number of nitrogens with zero attached hydrogens (tertiary/aromatic N) is 2. The molecule has 0 N–H and O–H groups in total. The zero-order valence-electron chi connectivity index (χ0n) is 16.0. The molecule has 0 unspecified atom stereocenters. The Kier molecular flexibility index (Phi) is 6.68. The SMILES string of the molecule is CC(C)CCN(Cc1ccccc1)Cc1cccn1Cc1ccccc1. The van der Waals surface area contributed by atoms with E-state index in [1.54, 1.807) is 0 Å². The average molecular weight is 347 g/mol. The van der Waals surface area contributed by atoms with Crippen molar-refractivity contribution in [2.24, 2.45) is 5.92 Å². The predicted molar refractivity (Wildman–Crippen MR) is 110 cm³/mol. The molecular formula is C24H30N2. The monoisotopic (exact) mass is 346 g/mol. The van der Waals surface area contributed by atoms with Gasteiger partial charge < -0.3 is 4.57 Å². The molecule has 3 rings (SSSR count). The lowest BCUT2D eigenvalue weighted by Gasteiger charge is -2.24. The Morgan fingerprint density at radius 3 is 2.08 bits per heavy atom. The van der Waals surface area contributed by atoms with Gasteiger partial charge in [-0.15, -0.1) is 0 Å². The summed E-state index contributed by atoms with van der Waals surface area (Å²) in [5.41, 5.74) is 4.12. The van der Waals surface area contributed by atoms with Crippen LogP contribution in [0.3, 0.4) is 0 Å². The van der Waals surface area contributed by atoms with E-state index in [4.69, 9.17) is 0 Å². The quantitative estimate of drug-likeness (QED) is 0.491. The molecule has 1 aromatic heterocycles. The van der Waals surface area contributed by atoms with Gasteiger partial charge in [0.2, 0.25) is 0 Å². The van der Waals surface area contributed by atoms with E-state index < -0.39 is 0 Å². The first kappa shape index (κ1) is 18.5. The lowest BCUT2D eigenvalue weighted by molar-refractivity contribution is 0.235. The Labute approximate surface area is 158 Å². The van der Waals surface area contributed by atoms with Crippen LogP contribution in [0.2, 0.25) is 0 Å². The zero-order valence-corrected chi connectivity index (χ0v) is 16.0. The normalized spacial score (nSPS) is 11.4. The molecule has 26 heavy (non-hydrogen) atoms. The van der Waals surface area contributed by atoms with Crippen molar-refractivity contribution in [1.82, 2.24) is 9.47 Å². The average Bonchev–Trinajstić information content (AvgIpc) is 3.08. The number of aromatic nitrogens is 1. The van der Waals surface area contributed by atoms with Crippen LogP contribution in [-0.2, 0) is 19.6 Å². The van der Waals surface area contributed by atoms with E-state index in [1.807, 2.05) is 0 Å². The van der Waals surface area contributed by atoms with E-state index in [0.29, 0.717) is 0 Å². The van der Waals surface area contributed by atoms with Gasteiger partial charge in [0.25, 0.3) is 0 Å². The molecule has 0 aliphatic rings. The van der Waals surface area contributed by atoms with Crippen LogP contribution in [0.25, 0.3) is 0 Å². The van der Waals surface area contributed by atoms with Crippen LogP contribution < -0.4 is 0 Å². The highest BCUT2D eigenvalue weighted by atomic mass is 15.1. The second-order valence-electron chi connectivity index (χ2n) is 7.49. The molecule has 0 atom stereocenters. The van der Waals surface area contributed by atoms with Crippen molar-refractivity contribution in [3.05, 3.63) is 95.8 Å². The molecule has 2 aromatic carbocycles. The van der Waals surface area contributed by atoms with Gasteiger partial charge in [0.05, 0.1) is 0 Å². The fourth-order valence-corrected chi connectivity index (χ4v) is 3.25. The van der Waals surface area contributed by atoms with Gasteiger partial charge in [0, 0.05) is 31.5 Å². The summed E-state index contributed by atoms with van der Waals surface area (Å²) >= 11 is 0. The van der Waals surface area contributed by atoms with Gasteiger partial charge in [-0.05, 0) is 42.1 Å². The minimum atomic E-state index is 0.726. The summed E-state index contributed by atoms with van der Waals surface area (Å²) in [7, 11) is 0. The first-order valence-electron chi connectivity index (χ1n) is 9.65. The van der Waals surface area contributed by atoms with Gasteiger partial charge in [-0.2, -0.15) is 0 Å². The molecular weight excluding hydrogens is 316 g/mol. The van der Waals surface area contributed by atoms with Crippen LogP contribution in [-0.4, -0.2) is 16.0 Å². The standard InChI is InChI=1S/C24H30N2/c1-21(2)15-17-25(18-22-10-5-3-6-11-22)20-24-14-9-16-26(24)19-23-12-7-4-8-13-23/h3-14,16,21H,15,17-20H2,1-2H3. The van der Waals surface area contributed by atoms with Crippen molar-refractivity contribution in [3.63, 3.8) is 0 Å². The largest absolute Gasteiger partial charge is 0.346 e. The lowest BCUT2D eigenvalue weighted by atomic mass is 10.1. The van der Waals surface area contributed by atoms with E-state index in [-0.39, 0.29) is 0 Å². The Bertz CT molecular complexity index is 759. The van der Waals surface area contributed by atoms with Gasteiger partial charge in [0.1, 0.15) is 0 Å². The highest BCUT2D eigenvalue weighted by molar-refractivity contribution is 5.18. The molecule has 0 saturated carbocycles. The van der Waals surface area contributed by atoms with E-state index in [0.717, 1.165) is 32.1 Å². The highest BCUT2D eigenvalue weighted by Crippen LogP contribution is 2.15. The van der Waals surface area contributed by atoms with E-state index in [1.165, 1.54) is 23.2 Å². The topological polar surface area (TPSA) is 8.17 Å². The fraction of sp³-hybridized carbons (Fsp3) is 0.333. The second kappa shape index (κ2) is 9.40. The molecule has 0 aliphatic heterocycles. The third-order valence-corrected chi connectivity index (χ3v) is 4.78. The molecule has 0 saturated heterocycles. The molecule has 0 fully saturated rings. The van der Waals surface area contributed by atoms with Crippen LogP contribution in [0.5, 0.6) is 0 Å². The molecule has 0 spiro atoms. The second-order valence-corrected chi connectivity index (χ2v) is 7.49. The molecule has 1 heterocycles. The van der Waals surface area contributed by atoms with E-state index >= 15 is 0 Å². The molecule has 0 radical (unpaired) electrons. The Hall–Kier alpha value is -2.32. The van der Waals surface area contributed by atoms with Crippen molar-refractivity contribution in [2.75, 3.05) is 6.54 Å². The lowest BCUT2D eigenvalue weighted by Crippen LogP contribution is -2.26. The summed E-state index contributed by atoms with van der Waals surface area (Å²) in [6, 6.07) is 25.9. The van der Waals surface area contributed by atoms with Crippen molar-refractivity contribution in [2.45, 2.75) is 39.9 Å². The molecule has 0 aliphatic carbocycles. The van der Waals surface area contributed by atoms with Crippen molar-refractivity contribution in [3.8, 4) is 0 Å². The van der Waals surface area contributed by atoms with Crippen LogP contribution in [0.1, 0.15) is 37.1 Å². The smallest absolute Gasteiger partial charge is 0.0473 e. The Morgan fingerprint density at radius 2 is 1.42 bits per heavy atom. The summed E-state index contributed by atoms with van der Waals surface area (Å²) in [5.74, 6) is 0.726. The van der Waals surface area contributed by atoms with Crippen molar-refractivity contribution < 1.29 is 0 Å². The summed E-state index contributed by atoms with van der Waals surface area (Å²) in [4.78, 5) is 2.58. The molecule has 2 heteroatoms. The molecule has 136 valence electrons. The maximum absolute atomic E-state index is 2.58. The minimum absolute atomic E-state index is 0.726. The first-order valence-corrected chi connectivity index (χ1v) is 9.65. The van der Waals surface area contributed by atoms with E-state index in [2.05, 4.69) is 102 Å². The van der Waals surface area contributed by atoms with Crippen LogP contribution in [0.4, 0.5) is 0 Å². The number of hydrogen-bond acceptors (Lipinski definition) is 1. The fourth-order valence-electron chi connectivity index (χ4n) is 3.25. The third-order valence-electron chi connectivity index (χ3n) is 4.78. The van der Waals surface area contributed by atoms with Gasteiger partial charge >= 0.3 is 0 Å². The maximum atomic E-state index is 2.58.